The molecule has 0 radical (unpaired) electrons. The minimum absolute atomic E-state index is 0.0222. The van der Waals surface area contributed by atoms with Crippen LogP contribution in [0.15, 0.2) is 0 Å². The maximum absolute atomic E-state index is 12.1. The van der Waals surface area contributed by atoms with Gasteiger partial charge in [-0.25, -0.2) is 0 Å². The fourth-order valence-electron chi connectivity index (χ4n) is 2.23. The summed E-state index contributed by atoms with van der Waals surface area (Å²) in [7, 11) is 1.69. The van der Waals surface area contributed by atoms with Crippen LogP contribution >= 0.6 is 0 Å². The third-order valence-corrected chi connectivity index (χ3v) is 3.15. The highest BCUT2D eigenvalue weighted by Gasteiger charge is 2.30. The zero-order chi connectivity index (χ0) is 13.0. The van der Waals surface area contributed by atoms with Crippen LogP contribution in [0.4, 0.5) is 0 Å². The molecule has 100 valence electrons. The molecule has 2 heterocycles. The number of carbonyl (C=O) groups excluding carboxylic acids is 1. The van der Waals surface area contributed by atoms with Gasteiger partial charge in [0.25, 0.3) is 0 Å². The van der Waals surface area contributed by atoms with E-state index in [1.807, 2.05) is 6.92 Å². The third kappa shape index (κ3) is 3.04. The molecule has 2 atom stereocenters. The molecule has 0 bridgehead atoms. The van der Waals surface area contributed by atoms with Gasteiger partial charge in [0.15, 0.2) is 5.82 Å². The van der Waals surface area contributed by atoms with Gasteiger partial charge in [-0.1, -0.05) is 6.92 Å². The zero-order valence-electron chi connectivity index (χ0n) is 10.8. The molecule has 0 unspecified atom stereocenters. The van der Waals surface area contributed by atoms with Crippen LogP contribution in [0.5, 0.6) is 0 Å². The standard InChI is InChI=1S/C11H19N5O2/c1-3-9-8(5-4-6-18-9)11(17)12-7-10-13-15-16(2)14-10/h8-9H,3-7H2,1-2H3,(H,12,17)/t8-,9-/m1/s1. The second-order valence-electron chi connectivity index (χ2n) is 4.48. The van der Waals surface area contributed by atoms with Crippen LogP contribution in [0.3, 0.4) is 0 Å². The number of nitrogens with zero attached hydrogens (tertiary/aromatic N) is 4. The largest absolute Gasteiger partial charge is 0.377 e. The van der Waals surface area contributed by atoms with Crippen molar-refractivity contribution < 1.29 is 9.53 Å². The highest BCUT2D eigenvalue weighted by Crippen LogP contribution is 2.23. The van der Waals surface area contributed by atoms with E-state index in [4.69, 9.17) is 4.74 Å². The second kappa shape index (κ2) is 5.90. The molecule has 1 aliphatic rings. The molecule has 1 saturated heterocycles. The summed E-state index contributed by atoms with van der Waals surface area (Å²) in [6.07, 6.45) is 2.73. The summed E-state index contributed by atoms with van der Waals surface area (Å²) in [5.74, 6) is 0.491. The molecule has 1 aliphatic heterocycles. The summed E-state index contributed by atoms with van der Waals surface area (Å²) < 4.78 is 5.61. The molecule has 18 heavy (non-hydrogen) atoms. The van der Waals surface area contributed by atoms with E-state index in [1.54, 1.807) is 7.05 Å². The second-order valence-corrected chi connectivity index (χ2v) is 4.48. The lowest BCUT2D eigenvalue weighted by atomic mass is 9.92. The first kappa shape index (κ1) is 12.9. The van der Waals surface area contributed by atoms with E-state index in [0.717, 1.165) is 25.9 Å². The molecule has 1 aromatic heterocycles. The summed E-state index contributed by atoms with van der Waals surface area (Å²) in [5.41, 5.74) is 0. The van der Waals surface area contributed by atoms with Gasteiger partial charge in [0, 0.05) is 6.61 Å². The van der Waals surface area contributed by atoms with Crippen LogP contribution in [-0.2, 0) is 23.1 Å². The Balaban J connectivity index is 1.86. The van der Waals surface area contributed by atoms with E-state index in [2.05, 4.69) is 20.7 Å². The van der Waals surface area contributed by atoms with Crippen LogP contribution < -0.4 is 5.32 Å². The number of hydrogen-bond donors (Lipinski definition) is 1. The molecule has 0 saturated carbocycles. The summed E-state index contributed by atoms with van der Waals surface area (Å²) >= 11 is 0. The Morgan fingerprint density at radius 3 is 3.11 bits per heavy atom. The lowest BCUT2D eigenvalue weighted by Crippen LogP contribution is -2.41. The summed E-state index contributed by atoms with van der Waals surface area (Å²) in [6, 6.07) is 0. The van der Waals surface area contributed by atoms with Gasteiger partial charge in [0.2, 0.25) is 5.91 Å². The van der Waals surface area contributed by atoms with Crippen LogP contribution in [0, 0.1) is 5.92 Å². The normalized spacial score (nSPS) is 23.9. The van der Waals surface area contributed by atoms with Gasteiger partial charge < -0.3 is 10.1 Å². The summed E-state index contributed by atoms with van der Waals surface area (Å²) in [4.78, 5) is 13.4. The van der Waals surface area contributed by atoms with Gasteiger partial charge >= 0.3 is 0 Å². The lowest BCUT2D eigenvalue weighted by molar-refractivity contribution is -0.134. The van der Waals surface area contributed by atoms with Crippen LogP contribution in [-0.4, -0.2) is 38.8 Å². The average Bonchev–Trinajstić information content (AvgIpc) is 2.81. The Hall–Kier alpha value is -1.50. The van der Waals surface area contributed by atoms with E-state index in [0.29, 0.717) is 12.4 Å². The molecule has 7 nitrogen and oxygen atoms in total. The summed E-state index contributed by atoms with van der Waals surface area (Å²) in [5, 5.41) is 14.4. The Kier molecular flexibility index (Phi) is 4.24. The first-order valence-electron chi connectivity index (χ1n) is 6.33. The molecule has 0 aromatic carbocycles. The van der Waals surface area contributed by atoms with Crippen LogP contribution in [0.2, 0.25) is 0 Å². The van der Waals surface area contributed by atoms with Crippen molar-refractivity contribution in [1.29, 1.82) is 0 Å². The first-order valence-corrected chi connectivity index (χ1v) is 6.33. The predicted molar refractivity (Wildman–Crippen MR) is 63.4 cm³/mol. The minimum atomic E-state index is -0.0552. The number of carbonyl (C=O) groups is 1. The van der Waals surface area contributed by atoms with Gasteiger partial charge in [0.1, 0.15) is 0 Å². The van der Waals surface area contributed by atoms with Gasteiger partial charge in [-0.3, -0.25) is 4.79 Å². The van der Waals surface area contributed by atoms with Crippen molar-refractivity contribution in [3.8, 4) is 0 Å². The molecule has 1 fully saturated rings. The number of aromatic nitrogens is 4. The number of tetrazole rings is 1. The number of amides is 1. The van der Waals surface area contributed by atoms with E-state index >= 15 is 0 Å². The van der Waals surface area contributed by atoms with Crippen LogP contribution in [0.25, 0.3) is 0 Å². The fourth-order valence-corrected chi connectivity index (χ4v) is 2.23. The molecule has 7 heteroatoms. The van der Waals surface area contributed by atoms with Crippen molar-refractivity contribution in [2.45, 2.75) is 38.8 Å². The Morgan fingerprint density at radius 2 is 2.44 bits per heavy atom. The van der Waals surface area contributed by atoms with Crippen LogP contribution in [0.1, 0.15) is 32.0 Å². The number of hydrogen-bond acceptors (Lipinski definition) is 5. The molecular weight excluding hydrogens is 234 g/mol. The van der Waals surface area contributed by atoms with Gasteiger partial charge in [0.05, 0.1) is 25.6 Å². The van der Waals surface area contributed by atoms with Gasteiger partial charge in [-0.15, -0.1) is 10.2 Å². The monoisotopic (exact) mass is 253 g/mol. The molecule has 0 aliphatic carbocycles. The third-order valence-electron chi connectivity index (χ3n) is 3.15. The smallest absolute Gasteiger partial charge is 0.226 e. The molecule has 1 N–H and O–H groups in total. The average molecular weight is 253 g/mol. The van der Waals surface area contributed by atoms with Gasteiger partial charge in [-0.2, -0.15) is 4.80 Å². The van der Waals surface area contributed by atoms with Crippen molar-refractivity contribution in [3.63, 3.8) is 0 Å². The summed E-state index contributed by atoms with van der Waals surface area (Å²) in [6.45, 7) is 3.12. The number of ether oxygens (including phenoxy) is 1. The lowest BCUT2D eigenvalue weighted by Gasteiger charge is -2.29. The highest BCUT2D eigenvalue weighted by atomic mass is 16.5. The quantitative estimate of drug-likeness (QED) is 0.818. The number of aryl methyl sites for hydroxylation is 1. The molecular formula is C11H19N5O2. The highest BCUT2D eigenvalue weighted by molar-refractivity contribution is 5.79. The van der Waals surface area contributed by atoms with Crippen molar-refractivity contribution >= 4 is 5.91 Å². The molecule has 1 aromatic rings. The van der Waals surface area contributed by atoms with E-state index in [9.17, 15) is 4.79 Å². The minimum Gasteiger partial charge on any atom is -0.377 e. The zero-order valence-corrected chi connectivity index (χ0v) is 10.8. The van der Waals surface area contributed by atoms with E-state index in [-0.39, 0.29) is 17.9 Å². The fraction of sp³-hybridized carbons (Fsp3) is 0.818. The van der Waals surface area contributed by atoms with Crippen molar-refractivity contribution in [2.24, 2.45) is 13.0 Å². The predicted octanol–water partition coefficient (Wildman–Crippen LogP) is 0.0315. The SMILES string of the molecule is CC[C@H]1OCCC[C@H]1C(=O)NCc1nnn(C)n1. The van der Waals surface area contributed by atoms with E-state index < -0.39 is 0 Å². The molecule has 2 rings (SSSR count). The molecule has 1 amide bonds. The Morgan fingerprint density at radius 1 is 1.61 bits per heavy atom. The Labute approximate surface area is 106 Å². The van der Waals surface area contributed by atoms with Gasteiger partial charge in [-0.05, 0) is 24.5 Å². The molecule has 0 spiro atoms. The Bertz CT molecular complexity index is 406. The number of nitrogens with one attached hydrogen (secondary N) is 1. The topological polar surface area (TPSA) is 81.9 Å². The van der Waals surface area contributed by atoms with Crippen molar-refractivity contribution in [2.75, 3.05) is 6.61 Å². The maximum atomic E-state index is 12.1. The maximum Gasteiger partial charge on any atom is 0.226 e. The van der Waals surface area contributed by atoms with Crippen molar-refractivity contribution in [3.05, 3.63) is 5.82 Å². The number of rotatable bonds is 4. The first-order chi connectivity index (χ1) is 8.70. The van der Waals surface area contributed by atoms with Crippen molar-refractivity contribution in [1.82, 2.24) is 25.5 Å². The van der Waals surface area contributed by atoms with E-state index in [1.165, 1.54) is 4.80 Å².